The van der Waals surface area contributed by atoms with Crippen LogP contribution in [0.4, 0.5) is 5.69 Å². The maximum absolute atomic E-state index is 13.7. The van der Waals surface area contributed by atoms with E-state index in [0.717, 1.165) is 27.1 Å². The van der Waals surface area contributed by atoms with Gasteiger partial charge in [-0.15, -0.1) is 0 Å². The Hall–Kier alpha value is -2.48. The molecule has 1 aliphatic rings. The number of rotatable bonds is 7. The molecule has 0 radical (unpaired) electrons. The third kappa shape index (κ3) is 4.63. The van der Waals surface area contributed by atoms with Gasteiger partial charge in [0.05, 0.1) is 10.8 Å². The number of carbonyl (C=O) groups excluding carboxylic acids is 2. The molecule has 0 aliphatic carbocycles. The first kappa shape index (κ1) is 23.7. The van der Waals surface area contributed by atoms with Crippen molar-refractivity contribution in [3.8, 4) is 0 Å². The Labute approximate surface area is 203 Å². The summed E-state index contributed by atoms with van der Waals surface area (Å²) >= 11 is 7.89. The Bertz CT molecular complexity index is 1190. The predicted molar refractivity (Wildman–Crippen MR) is 134 cm³/mol. The van der Waals surface area contributed by atoms with Gasteiger partial charge in [-0.3, -0.25) is 14.5 Å². The molecule has 33 heavy (non-hydrogen) atoms. The minimum Gasteiger partial charge on any atom is -0.382 e. The number of amides is 2. The number of carbonyl (C=O) groups is 2. The standard InChI is InChI=1S/C25H28ClN3O3S/c1-4-32-13-7-12-27-24(31)23-22-18-8-5-6-9-20(18)28(3)25(22)33-15-21(30)29(23)17-11-10-16(2)19(26)14-17/h5-6,8-11,14,23H,4,7,12-13,15H2,1-3H3,(H,27,31)/t23-/m0/s1. The maximum atomic E-state index is 13.7. The highest BCUT2D eigenvalue weighted by atomic mass is 35.5. The highest BCUT2D eigenvalue weighted by Crippen LogP contribution is 2.43. The number of fused-ring (bicyclic) bond motifs is 3. The SMILES string of the molecule is CCOCCCNC(=O)[C@@H]1c2c(n(C)c3ccccc23)SCC(=O)N1c1ccc(C)c(Cl)c1. The Balaban J connectivity index is 1.82. The van der Waals surface area contributed by atoms with Gasteiger partial charge in [-0.2, -0.15) is 0 Å². The van der Waals surface area contributed by atoms with Crippen molar-refractivity contribution in [2.24, 2.45) is 7.05 Å². The first-order valence-electron chi connectivity index (χ1n) is 11.1. The number of nitrogens with zero attached hydrogens (tertiary/aromatic N) is 2. The number of ether oxygens (including phenoxy) is 1. The smallest absolute Gasteiger partial charge is 0.247 e. The van der Waals surface area contributed by atoms with Crippen LogP contribution in [0.15, 0.2) is 47.5 Å². The summed E-state index contributed by atoms with van der Waals surface area (Å²) in [4.78, 5) is 28.7. The van der Waals surface area contributed by atoms with Gasteiger partial charge >= 0.3 is 0 Å². The molecule has 8 heteroatoms. The number of hydrogen-bond donors (Lipinski definition) is 1. The summed E-state index contributed by atoms with van der Waals surface area (Å²) in [6.07, 6.45) is 0.702. The summed E-state index contributed by atoms with van der Waals surface area (Å²) < 4.78 is 7.47. The lowest BCUT2D eigenvalue weighted by molar-refractivity contribution is -0.125. The van der Waals surface area contributed by atoms with Crippen molar-refractivity contribution in [2.75, 3.05) is 30.4 Å². The number of para-hydroxylation sites is 1. The van der Waals surface area contributed by atoms with Crippen LogP contribution in [0, 0.1) is 6.92 Å². The van der Waals surface area contributed by atoms with Gasteiger partial charge in [0.25, 0.3) is 0 Å². The summed E-state index contributed by atoms with van der Waals surface area (Å²) in [7, 11) is 1.98. The lowest BCUT2D eigenvalue weighted by Gasteiger charge is -2.30. The van der Waals surface area contributed by atoms with Crippen LogP contribution in [-0.2, 0) is 21.4 Å². The lowest BCUT2D eigenvalue weighted by atomic mass is 10.0. The Morgan fingerprint density at radius 3 is 2.82 bits per heavy atom. The summed E-state index contributed by atoms with van der Waals surface area (Å²) in [5, 5.41) is 5.49. The number of hydrogen-bond acceptors (Lipinski definition) is 4. The molecule has 1 N–H and O–H groups in total. The van der Waals surface area contributed by atoms with E-state index in [1.54, 1.807) is 11.0 Å². The molecule has 0 saturated carbocycles. The second-order valence-electron chi connectivity index (χ2n) is 8.02. The zero-order chi connectivity index (χ0) is 23.5. The van der Waals surface area contributed by atoms with Gasteiger partial charge in [0.15, 0.2) is 0 Å². The van der Waals surface area contributed by atoms with E-state index >= 15 is 0 Å². The minimum absolute atomic E-state index is 0.130. The van der Waals surface area contributed by atoms with E-state index in [4.69, 9.17) is 16.3 Å². The molecule has 6 nitrogen and oxygen atoms in total. The van der Waals surface area contributed by atoms with Crippen LogP contribution < -0.4 is 10.2 Å². The Morgan fingerprint density at radius 1 is 1.27 bits per heavy atom. The van der Waals surface area contributed by atoms with Crippen LogP contribution in [-0.4, -0.2) is 41.9 Å². The van der Waals surface area contributed by atoms with Crippen LogP contribution in [0.25, 0.3) is 10.9 Å². The van der Waals surface area contributed by atoms with Gasteiger partial charge in [-0.1, -0.05) is 47.6 Å². The van der Waals surface area contributed by atoms with Crippen molar-refractivity contribution in [1.82, 2.24) is 9.88 Å². The molecule has 1 aliphatic heterocycles. The molecule has 0 saturated heterocycles. The topological polar surface area (TPSA) is 63.6 Å². The number of nitrogens with one attached hydrogen (secondary N) is 1. The number of anilines is 1. The largest absolute Gasteiger partial charge is 0.382 e. The quantitative estimate of drug-likeness (QED) is 0.485. The van der Waals surface area contributed by atoms with E-state index in [0.29, 0.717) is 36.9 Å². The number of aryl methyl sites for hydroxylation is 2. The molecular formula is C25H28ClN3O3S. The third-order valence-corrected chi connectivity index (χ3v) is 7.44. The van der Waals surface area contributed by atoms with Crippen LogP contribution in [0.3, 0.4) is 0 Å². The van der Waals surface area contributed by atoms with E-state index in [2.05, 4.69) is 9.88 Å². The normalized spacial score (nSPS) is 16.1. The number of aromatic nitrogens is 1. The van der Waals surface area contributed by atoms with Crippen LogP contribution in [0.2, 0.25) is 5.02 Å². The van der Waals surface area contributed by atoms with Gasteiger partial charge in [-0.05, 0) is 44.0 Å². The molecule has 1 atom stereocenters. The van der Waals surface area contributed by atoms with Crippen LogP contribution in [0.1, 0.15) is 30.5 Å². The molecule has 174 valence electrons. The average Bonchev–Trinajstić information content (AvgIpc) is 2.98. The summed E-state index contributed by atoms with van der Waals surface area (Å²) in [5.74, 6) is -0.108. The molecular weight excluding hydrogens is 458 g/mol. The molecule has 1 aromatic heterocycles. The van der Waals surface area contributed by atoms with Gasteiger partial charge in [0.1, 0.15) is 6.04 Å². The van der Waals surface area contributed by atoms with Crippen molar-refractivity contribution >= 4 is 51.8 Å². The average molecular weight is 486 g/mol. The maximum Gasteiger partial charge on any atom is 0.247 e. The van der Waals surface area contributed by atoms with E-state index in [1.807, 2.05) is 57.3 Å². The van der Waals surface area contributed by atoms with E-state index in [9.17, 15) is 9.59 Å². The molecule has 3 aromatic rings. The van der Waals surface area contributed by atoms with Crippen molar-refractivity contribution in [3.05, 3.63) is 58.6 Å². The fraction of sp³-hybridized carbons (Fsp3) is 0.360. The molecule has 0 fully saturated rings. The lowest BCUT2D eigenvalue weighted by Crippen LogP contribution is -2.44. The summed E-state index contributed by atoms with van der Waals surface area (Å²) in [6.45, 7) is 5.55. The van der Waals surface area contributed by atoms with Crippen molar-refractivity contribution in [1.29, 1.82) is 0 Å². The van der Waals surface area contributed by atoms with Gasteiger partial charge in [0.2, 0.25) is 11.8 Å². The fourth-order valence-electron chi connectivity index (χ4n) is 4.21. The van der Waals surface area contributed by atoms with Crippen molar-refractivity contribution in [2.45, 2.75) is 31.3 Å². The Morgan fingerprint density at radius 2 is 2.06 bits per heavy atom. The number of halogens is 1. The summed E-state index contributed by atoms with van der Waals surface area (Å²) in [6, 6.07) is 12.7. The fourth-order valence-corrected chi connectivity index (χ4v) is 5.45. The minimum atomic E-state index is -0.806. The van der Waals surface area contributed by atoms with Gasteiger partial charge in [-0.25, -0.2) is 0 Å². The van der Waals surface area contributed by atoms with Crippen LogP contribution in [0.5, 0.6) is 0 Å². The second-order valence-corrected chi connectivity index (χ2v) is 9.40. The Kier molecular flexibility index (Phi) is 7.32. The zero-order valence-corrected chi connectivity index (χ0v) is 20.6. The molecule has 0 unspecified atom stereocenters. The monoisotopic (exact) mass is 485 g/mol. The van der Waals surface area contributed by atoms with Gasteiger partial charge in [0, 0.05) is 54.0 Å². The second kappa shape index (κ2) is 10.2. The molecule has 2 amide bonds. The highest BCUT2D eigenvalue weighted by molar-refractivity contribution is 8.00. The first-order chi connectivity index (χ1) is 15.9. The van der Waals surface area contributed by atoms with E-state index in [1.165, 1.54) is 11.8 Å². The number of benzene rings is 2. The highest BCUT2D eigenvalue weighted by Gasteiger charge is 2.39. The molecule has 0 spiro atoms. The van der Waals surface area contributed by atoms with Crippen LogP contribution >= 0.6 is 23.4 Å². The zero-order valence-electron chi connectivity index (χ0n) is 19.1. The first-order valence-corrected chi connectivity index (χ1v) is 12.4. The number of thioether (sulfide) groups is 1. The molecule has 4 rings (SSSR count). The van der Waals surface area contributed by atoms with E-state index in [-0.39, 0.29) is 17.6 Å². The summed E-state index contributed by atoms with van der Waals surface area (Å²) in [5.41, 5.74) is 3.41. The van der Waals surface area contributed by atoms with E-state index < -0.39 is 6.04 Å². The van der Waals surface area contributed by atoms with Gasteiger partial charge < -0.3 is 14.6 Å². The predicted octanol–water partition coefficient (Wildman–Crippen LogP) is 4.86. The molecule has 2 aromatic carbocycles. The van der Waals surface area contributed by atoms with Crippen molar-refractivity contribution in [3.63, 3.8) is 0 Å². The van der Waals surface area contributed by atoms with Crippen molar-refractivity contribution < 1.29 is 14.3 Å². The third-order valence-electron chi connectivity index (χ3n) is 5.87. The molecule has 2 heterocycles. The molecule has 0 bridgehead atoms.